The summed E-state index contributed by atoms with van der Waals surface area (Å²) >= 11 is 5.95. The second-order valence-corrected chi connectivity index (χ2v) is 7.59. The molecule has 2 aromatic carbocycles. The minimum atomic E-state index is -1.16. The number of rotatable bonds is 5. The molecule has 0 bridgehead atoms. The first kappa shape index (κ1) is 19.3. The van der Waals surface area contributed by atoms with Gasteiger partial charge in [-0.05, 0) is 42.8 Å². The zero-order valence-corrected chi connectivity index (χ0v) is 16.0. The summed E-state index contributed by atoms with van der Waals surface area (Å²) in [5, 5.41) is 17.6. The van der Waals surface area contributed by atoms with Crippen LogP contribution in [0.25, 0.3) is 10.9 Å². The van der Waals surface area contributed by atoms with Crippen molar-refractivity contribution in [3.63, 3.8) is 0 Å². The van der Waals surface area contributed by atoms with Crippen molar-refractivity contribution in [2.75, 3.05) is 13.1 Å². The summed E-state index contributed by atoms with van der Waals surface area (Å²) in [5.74, 6) is -0.412. The highest BCUT2D eigenvalue weighted by atomic mass is 35.5. The molecule has 1 fully saturated rings. The van der Waals surface area contributed by atoms with Crippen molar-refractivity contribution in [2.45, 2.75) is 31.4 Å². The van der Waals surface area contributed by atoms with Gasteiger partial charge in [0.05, 0.1) is 5.52 Å². The van der Waals surface area contributed by atoms with Crippen molar-refractivity contribution in [1.29, 1.82) is 0 Å². The Morgan fingerprint density at radius 1 is 1.25 bits per heavy atom. The number of alkyl halides is 1. The number of benzene rings is 2. The summed E-state index contributed by atoms with van der Waals surface area (Å²) in [7, 11) is 0. The lowest BCUT2D eigenvalue weighted by molar-refractivity contribution is 0.0880. The fraction of sp³-hybridized carbons (Fsp3) is 0.333. The van der Waals surface area contributed by atoms with E-state index in [1.165, 1.54) is 6.07 Å². The van der Waals surface area contributed by atoms with Gasteiger partial charge >= 0.3 is 0 Å². The Hall–Kier alpha value is -1.99. The van der Waals surface area contributed by atoms with E-state index in [9.17, 15) is 13.9 Å². The summed E-state index contributed by atoms with van der Waals surface area (Å²) < 4.78 is 30.6. The molecule has 28 heavy (non-hydrogen) atoms. The standard InChI is InChI=1S/C21H22ClF2N3O/c22-14-6-4-13(5-7-14)11-27-12-15(20-16(23)2-1-3-19(20)27)21(28)26-18-8-9-25-10-17(18)24/h1-7,12,17-18,21,25-26,28H,8-11H2. The number of aliphatic hydroxyl groups is 1. The van der Waals surface area contributed by atoms with Crippen LogP contribution in [0.2, 0.25) is 5.02 Å². The molecule has 0 radical (unpaired) electrons. The number of nitrogens with zero attached hydrogens (tertiary/aromatic N) is 1. The number of fused-ring (bicyclic) bond motifs is 1. The van der Waals surface area contributed by atoms with Crippen molar-refractivity contribution in [2.24, 2.45) is 0 Å². The van der Waals surface area contributed by atoms with Crippen LogP contribution in [0.3, 0.4) is 0 Å². The molecule has 2 heterocycles. The topological polar surface area (TPSA) is 49.2 Å². The molecule has 4 nitrogen and oxygen atoms in total. The van der Waals surface area contributed by atoms with Crippen molar-refractivity contribution in [3.05, 3.63) is 70.6 Å². The van der Waals surface area contributed by atoms with Gasteiger partial charge in [0.25, 0.3) is 0 Å². The van der Waals surface area contributed by atoms with Crippen molar-refractivity contribution in [1.82, 2.24) is 15.2 Å². The largest absolute Gasteiger partial charge is 0.374 e. The van der Waals surface area contributed by atoms with E-state index in [0.29, 0.717) is 41.0 Å². The van der Waals surface area contributed by atoms with Crippen LogP contribution in [0, 0.1) is 5.82 Å². The van der Waals surface area contributed by atoms with Crippen LogP contribution in [0.5, 0.6) is 0 Å². The van der Waals surface area contributed by atoms with Crippen molar-refractivity contribution < 1.29 is 13.9 Å². The van der Waals surface area contributed by atoms with Crippen molar-refractivity contribution >= 4 is 22.5 Å². The number of piperidine rings is 1. The molecule has 0 aliphatic carbocycles. The average molecular weight is 406 g/mol. The summed E-state index contributed by atoms with van der Waals surface area (Å²) in [6.07, 6.45) is 0.0289. The van der Waals surface area contributed by atoms with Gasteiger partial charge in [-0.15, -0.1) is 0 Å². The molecule has 1 aliphatic rings. The second kappa shape index (κ2) is 8.17. The third kappa shape index (κ3) is 3.91. The second-order valence-electron chi connectivity index (χ2n) is 7.16. The number of aliphatic hydroxyl groups excluding tert-OH is 1. The number of hydrogen-bond donors (Lipinski definition) is 3. The molecule has 0 amide bonds. The van der Waals surface area contributed by atoms with Gasteiger partial charge in [0.2, 0.25) is 0 Å². The maximum atomic E-state index is 14.6. The van der Waals surface area contributed by atoms with Crippen LogP contribution in [-0.2, 0) is 6.54 Å². The highest BCUT2D eigenvalue weighted by Crippen LogP contribution is 2.29. The van der Waals surface area contributed by atoms with E-state index in [1.807, 2.05) is 22.8 Å². The molecule has 3 aromatic rings. The molecule has 0 spiro atoms. The number of aromatic nitrogens is 1. The molecule has 148 valence electrons. The van der Waals surface area contributed by atoms with E-state index in [1.54, 1.807) is 24.4 Å². The molecular formula is C21H22ClF2N3O. The first-order chi connectivity index (χ1) is 13.5. The summed E-state index contributed by atoms with van der Waals surface area (Å²) in [5.41, 5.74) is 2.09. The highest BCUT2D eigenvalue weighted by Gasteiger charge is 2.28. The monoisotopic (exact) mass is 405 g/mol. The third-order valence-corrected chi connectivity index (χ3v) is 5.48. The Balaban J connectivity index is 1.66. The van der Waals surface area contributed by atoms with Crippen LogP contribution in [-0.4, -0.2) is 35.0 Å². The Kier molecular flexibility index (Phi) is 5.64. The quantitative estimate of drug-likeness (QED) is 0.566. The molecule has 0 saturated carbocycles. The van der Waals surface area contributed by atoms with Gasteiger partial charge in [-0.2, -0.15) is 0 Å². The minimum Gasteiger partial charge on any atom is -0.374 e. The van der Waals surface area contributed by atoms with Crippen LogP contribution < -0.4 is 10.6 Å². The van der Waals surface area contributed by atoms with Gasteiger partial charge in [-0.1, -0.05) is 29.8 Å². The molecule has 3 unspecified atom stereocenters. The van der Waals surface area contributed by atoms with Gasteiger partial charge in [0, 0.05) is 41.3 Å². The zero-order valence-electron chi connectivity index (χ0n) is 15.2. The van der Waals surface area contributed by atoms with Crippen LogP contribution >= 0.6 is 11.6 Å². The molecule has 3 atom stereocenters. The maximum absolute atomic E-state index is 14.6. The Morgan fingerprint density at radius 3 is 2.79 bits per heavy atom. The molecular weight excluding hydrogens is 384 g/mol. The lowest BCUT2D eigenvalue weighted by atomic mass is 10.0. The van der Waals surface area contributed by atoms with Gasteiger partial charge in [-0.25, -0.2) is 8.78 Å². The summed E-state index contributed by atoms with van der Waals surface area (Å²) in [6, 6.07) is 11.8. The van der Waals surface area contributed by atoms with E-state index in [-0.39, 0.29) is 6.54 Å². The third-order valence-electron chi connectivity index (χ3n) is 5.23. The van der Waals surface area contributed by atoms with Crippen molar-refractivity contribution in [3.8, 4) is 0 Å². The number of nitrogens with one attached hydrogen (secondary N) is 2. The predicted molar refractivity (Wildman–Crippen MR) is 107 cm³/mol. The Bertz CT molecular complexity index is 960. The van der Waals surface area contributed by atoms with Gasteiger partial charge in [0.15, 0.2) is 0 Å². The molecule has 7 heteroatoms. The van der Waals surface area contributed by atoms with E-state index in [0.717, 1.165) is 5.56 Å². The van der Waals surface area contributed by atoms with Crippen LogP contribution in [0.4, 0.5) is 8.78 Å². The van der Waals surface area contributed by atoms with Crippen LogP contribution in [0.1, 0.15) is 23.8 Å². The van der Waals surface area contributed by atoms with Gasteiger partial charge < -0.3 is 15.0 Å². The first-order valence-electron chi connectivity index (χ1n) is 9.33. The highest BCUT2D eigenvalue weighted by molar-refractivity contribution is 6.30. The number of hydrogen-bond acceptors (Lipinski definition) is 3. The fourth-order valence-corrected chi connectivity index (χ4v) is 3.89. The first-order valence-corrected chi connectivity index (χ1v) is 9.71. The van der Waals surface area contributed by atoms with Gasteiger partial charge in [-0.3, -0.25) is 5.32 Å². The van der Waals surface area contributed by atoms with E-state index in [4.69, 9.17) is 11.6 Å². The van der Waals surface area contributed by atoms with E-state index >= 15 is 0 Å². The van der Waals surface area contributed by atoms with E-state index in [2.05, 4.69) is 10.6 Å². The smallest absolute Gasteiger partial charge is 0.133 e. The molecule has 1 aromatic heterocycles. The van der Waals surface area contributed by atoms with Gasteiger partial charge in [0.1, 0.15) is 18.2 Å². The molecule has 3 N–H and O–H groups in total. The summed E-state index contributed by atoms with van der Waals surface area (Å²) in [6.45, 7) is 1.43. The SMILES string of the molecule is OC(NC1CCNCC1F)c1cn(Cc2ccc(Cl)cc2)c2cccc(F)c12. The maximum Gasteiger partial charge on any atom is 0.133 e. The lowest BCUT2D eigenvalue weighted by Crippen LogP contribution is -2.50. The predicted octanol–water partition coefficient (Wildman–Crippen LogP) is 3.76. The van der Waals surface area contributed by atoms with Crippen LogP contribution in [0.15, 0.2) is 48.7 Å². The van der Waals surface area contributed by atoms with E-state index < -0.39 is 24.3 Å². The molecule has 1 aliphatic heterocycles. The normalized spacial score (nSPS) is 21.1. The fourth-order valence-electron chi connectivity index (χ4n) is 3.77. The number of halogens is 3. The Morgan fingerprint density at radius 2 is 2.04 bits per heavy atom. The lowest BCUT2D eigenvalue weighted by Gasteiger charge is -2.29. The average Bonchev–Trinajstić information content (AvgIpc) is 3.05. The zero-order chi connectivity index (χ0) is 19.7. The molecule has 1 saturated heterocycles. The summed E-state index contributed by atoms with van der Waals surface area (Å²) in [4.78, 5) is 0. The Labute approximate surface area is 167 Å². The minimum absolute atomic E-state index is 0.247. The molecule has 4 rings (SSSR count).